The molecule has 0 radical (unpaired) electrons. The molecule has 0 aliphatic heterocycles. The van der Waals surface area contributed by atoms with Gasteiger partial charge in [-0.2, -0.15) is 0 Å². The maximum absolute atomic E-state index is 13.5. The van der Waals surface area contributed by atoms with E-state index in [9.17, 15) is 4.57 Å². The molecule has 35 heavy (non-hydrogen) atoms. The van der Waals surface area contributed by atoms with Crippen molar-refractivity contribution in [3.05, 3.63) is 65.7 Å². The van der Waals surface area contributed by atoms with Crippen LogP contribution in [0.25, 0.3) is 0 Å². The Labute approximate surface area is 215 Å². The first-order chi connectivity index (χ1) is 16.9. The lowest BCUT2D eigenvalue weighted by Gasteiger charge is -2.26. The van der Waals surface area contributed by atoms with Gasteiger partial charge in [-0.25, -0.2) is 4.57 Å². The first-order valence-corrected chi connectivity index (χ1v) is 15.7. The molecule has 2 rings (SSSR count). The Hall–Kier alpha value is -1.57. The van der Waals surface area contributed by atoms with Crippen LogP contribution in [0.4, 0.5) is 0 Å². The molecule has 0 heterocycles. The molecule has 1 atom stereocenters. The Morgan fingerprint density at radius 2 is 1.17 bits per heavy atom. The van der Waals surface area contributed by atoms with Crippen LogP contribution in [0.5, 0.6) is 5.75 Å². The van der Waals surface area contributed by atoms with Crippen LogP contribution in [0.2, 0.25) is 0 Å². The van der Waals surface area contributed by atoms with Crippen molar-refractivity contribution in [3.8, 4) is 5.75 Å². The molecule has 196 valence electrons. The molecule has 0 aromatic heterocycles. The first kappa shape index (κ1) is 29.7. The van der Waals surface area contributed by atoms with E-state index in [4.69, 9.17) is 9.05 Å². The Bertz CT molecular complexity index is 845. The summed E-state index contributed by atoms with van der Waals surface area (Å²) in [4.78, 5) is 0. The van der Waals surface area contributed by atoms with Gasteiger partial charge in [-0.05, 0) is 36.1 Å². The van der Waals surface area contributed by atoms with E-state index < -0.39 is 7.60 Å². The van der Waals surface area contributed by atoms with Gasteiger partial charge in [0, 0.05) is 5.41 Å². The summed E-state index contributed by atoms with van der Waals surface area (Å²) in [6.45, 7) is 9.32. The highest BCUT2D eigenvalue weighted by Gasteiger charge is 2.27. The van der Waals surface area contributed by atoms with Crippen molar-refractivity contribution in [1.29, 1.82) is 0 Å². The number of benzene rings is 2. The van der Waals surface area contributed by atoms with Crippen molar-refractivity contribution in [2.45, 2.75) is 110 Å². The molecule has 1 unspecified atom stereocenters. The van der Waals surface area contributed by atoms with E-state index in [1.54, 1.807) is 0 Å². The molecule has 0 spiro atoms. The second-order valence-corrected chi connectivity index (χ2v) is 12.4. The predicted molar refractivity (Wildman–Crippen MR) is 151 cm³/mol. The highest BCUT2D eigenvalue weighted by atomic mass is 31.2. The molecule has 3 nitrogen and oxygen atoms in total. The van der Waals surface area contributed by atoms with Gasteiger partial charge in [-0.15, -0.1) is 0 Å². The van der Waals surface area contributed by atoms with Crippen molar-refractivity contribution in [2.75, 3.05) is 12.8 Å². The lowest BCUT2D eigenvalue weighted by molar-refractivity contribution is 0.257. The topological polar surface area (TPSA) is 35.5 Å². The van der Waals surface area contributed by atoms with Gasteiger partial charge in [0.2, 0.25) is 0 Å². The Morgan fingerprint density at radius 3 is 1.74 bits per heavy atom. The zero-order valence-electron chi connectivity index (χ0n) is 22.8. The van der Waals surface area contributed by atoms with E-state index in [0.717, 1.165) is 25.7 Å². The van der Waals surface area contributed by atoms with E-state index in [1.165, 1.54) is 62.5 Å². The Morgan fingerprint density at radius 1 is 0.657 bits per heavy atom. The molecular formula is C31H49O3P. The van der Waals surface area contributed by atoms with Gasteiger partial charge in [0.15, 0.2) is 0 Å². The normalized spacial score (nSPS) is 13.5. The first-order valence-electron chi connectivity index (χ1n) is 14.0. The third kappa shape index (κ3) is 10.9. The summed E-state index contributed by atoms with van der Waals surface area (Å²) in [5.74, 6) is 0.625. The quantitative estimate of drug-likeness (QED) is 0.142. The van der Waals surface area contributed by atoms with Gasteiger partial charge in [-0.3, -0.25) is 4.52 Å². The summed E-state index contributed by atoms with van der Waals surface area (Å²) in [5.41, 5.74) is 2.35. The fourth-order valence-corrected chi connectivity index (χ4v) is 6.22. The van der Waals surface area contributed by atoms with Crippen molar-refractivity contribution in [3.63, 3.8) is 0 Å². The molecule has 0 amide bonds. The summed E-state index contributed by atoms with van der Waals surface area (Å²) in [6.07, 6.45) is 15.0. The monoisotopic (exact) mass is 500 g/mol. The van der Waals surface area contributed by atoms with Crippen LogP contribution in [0.1, 0.15) is 116 Å². The van der Waals surface area contributed by atoms with Crippen LogP contribution in [0.3, 0.4) is 0 Å². The standard InChI is InChI=1S/C31H49O3P/c1-5-7-9-10-11-12-13-14-15-19-26-33-35(32,27-8-6-2)34-30-24-22-29(23-25-30)31(3,4)28-20-17-16-18-21-28/h16-18,20-25H,5-15,19,26-27H2,1-4H3. The van der Waals surface area contributed by atoms with Crippen molar-refractivity contribution in [2.24, 2.45) is 0 Å². The number of rotatable bonds is 19. The Kier molecular flexibility index (Phi) is 13.8. The summed E-state index contributed by atoms with van der Waals surface area (Å²) in [7, 11) is -3.15. The second-order valence-electron chi connectivity index (χ2n) is 10.3. The molecule has 2 aromatic carbocycles. The van der Waals surface area contributed by atoms with E-state index in [-0.39, 0.29) is 5.41 Å². The minimum atomic E-state index is -3.15. The smallest absolute Gasteiger partial charge is 0.379 e. The van der Waals surface area contributed by atoms with Crippen LogP contribution in [-0.4, -0.2) is 12.8 Å². The van der Waals surface area contributed by atoms with Crippen molar-refractivity contribution in [1.82, 2.24) is 0 Å². The van der Waals surface area contributed by atoms with E-state index in [2.05, 4.69) is 64.1 Å². The van der Waals surface area contributed by atoms with Crippen LogP contribution in [-0.2, 0) is 14.5 Å². The third-order valence-electron chi connectivity index (χ3n) is 6.89. The highest BCUT2D eigenvalue weighted by molar-refractivity contribution is 7.54. The van der Waals surface area contributed by atoms with Crippen LogP contribution in [0.15, 0.2) is 54.6 Å². The fraction of sp³-hybridized carbons (Fsp3) is 0.613. The lowest BCUT2D eigenvalue weighted by Crippen LogP contribution is -2.18. The van der Waals surface area contributed by atoms with Crippen LogP contribution >= 0.6 is 7.60 Å². The number of unbranched alkanes of at least 4 members (excludes halogenated alkanes) is 10. The molecule has 0 saturated heterocycles. The van der Waals surface area contributed by atoms with Gasteiger partial charge in [0.25, 0.3) is 0 Å². The molecule has 0 aliphatic carbocycles. The zero-order chi connectivity index (χ0) is 25.4. The fourth-order valence-electron chi connectivity index (χ4n) is 4.40. The average molecular weight is 501 g/mol. The van der Waals surface area contributed by atoms with Crippen LogP contribution in [0, 0.1) is 0 Å². The van der Waals surface area contributed by atoms with Crippen LogP contribution < -0.4 is 4.52 Å². The summed E-state index contributed by atoms with van der Waals surface area (Å²) in [6, 6.07) is 18.5. The van der Waals surface area contributed by atoms with Gasteiger partial charge >= 0.3 is 7.60 Å². The third-order valence-corrected chi connectivity index (χ3v) is 8.82. The minimum absolute atomic E-state index is 0.113. The SMILES string of the molecule is CCCCCCCCCCCCOP(=O)(CCCC)Oc1ccc(C(C)(C)c2ccccc2)cc1. The zero-order valence-corrected chi connectivity index (χ0v) is 23.7. The molecule has 0 aliphatic rings. The van der Waals surface area contributed by atoms with Gasteiger partial charge < -0.3 is 4.52 Å². The Balaban J connectivity index is 1.81. The molecule has 0 fully saturated rings. The summed E-state index contributed by atoms with van der Waals surface area (Å²) in [5, 5.41) is 0. The molecule has 0 saturated carbocycles. The highest BCUT2D eigenvalue weighted by Crippen LogP contribution is 2.49. The maximum Gasteiger partial charge on any atom is 0.379 e. The molecule has 0 bridgehead atoms. The van der Waals surface area contributed by atoms with Gasteiger partial charge in [0.05, 0.1) is 12.8 Å². The lowest BCUT2D eigenvalue weighted by atomic mass is 9.78. The van der Waals surface area contributed by atoms with Gasteiger partial charge in [0.1, 0.15) is 5.75 Å². The minimum Gasteiger partial charge on any atom is -0.424 e. The molecular weight excluding hydrogens is 451 g/mol. The van der Waals surface area contributed by atoms with E-state index in [0.29, 0.717) is 18.5 Å². The van der Waals surface area contributed by atoms with E-state index >= 15 is 0 Å². The van der Waals surface area contributed by atoms with E-state index in [1.807, 2.05) is 18.2 Å². The average Bonchev–Trinajstić information content (AvgIpc) is 2.87. The van der Waals surface area contributed by atoms with Crippen molar-refractivity contribution >= 4 is 7.60 Å². The molecule has 0 N–H and O–H groups in total. The molecule has 2 aromatic rings. The van der Waals surface area contributed by atoms with Gasteiger partial charge in [-0.1, -0.05) is 134 Å². The summed E-state index contributed by atoms with van der Waals surface area (Å²) < 4.78 is 25.4. The largest absolute Gasteiger partial charge is 0.424 e. The second kappa shape index (κ2) is 16.2. The molecule has 4 heteroatoms. The predicted octanol–water partition coefficient (Wildman–Crippen LogP) is 10.3. The summed E-state index contributed by atoms with van der Waals surface area (Å²) >= 11 is 0. The maximum atomic E-state index is 13.5. The van der Waals surface area contributed by atoms with Crippen molar-refractivity contribution < 1.29 is 13.6 Å². The number of hydrogen-bond acceptors (Lipinski definition) is 3. The number of hydrogen-bond donors (Lipinski definition) is 0.